The van der Waals surface area contributed by atoms with Gasteiger partial charge in [-0.15, -0.1) is 34.8 Å². The van der Waals surface area contributed by atoms with Crippen LogP contribution in [0, 0.1) is 0 Å². The first kappa shape index (κ1) is 12.8. The van der Waals surface area contributed by atoms with Crippen LogP contribution in [-0.2, 0) is 4.84 Å². The zero-order chi connectivity index (χ0) is 9.45. The molecule has 0 N–H and O–H groups in total. The van der Waals surface area contributed by atoms with Crippen LogP contribution in [0.3, 0.4) is 0 Å². The summed E-state index contributed by atoms with van der Waals surface area (Å²) in [6, 6.07) is 0. The van der Waals surface area contributed by atoms with Gasteiger partial charge in [-0.05, 0) is 0 Å². The highest BCUT2D eigenvalue weighted by Gasteiger charge is 2.21. The van der Waals surface area contributed by atoms with Gasteiger partial charge in [0.25, 0.3) is 0 Å². The Morgan fingerprint density at radius 1 is 1.00 bits per heavy atom. The number of rotatable bonds is 7. The molecule has 0 aliphatic heterocycles. The Labute approximate surface area is 88.9 Å². The van der Waals surface area contributed by atoms with E-state index in [-0.39, 0.29) is 0 Å². The van der Waals surface area contributed by atoms with Crippen LogP contribution in [-0.4, -0.2) is 49.0 Å². The lowest BCUT2D eigenvalue weighted by Gasteiger charge is -2.29. The van der Waals surface area contributed by atoms with Gasteiger partial charge < -0.3 is 0 Å². The number of hydrogen-bond donors (Lipinski definition) is 0. The molecule has 0 spiro atoms. The number of quaternary nitrogens is 1. The molecule has 0 aromatic rings. The molecule has 0 fully saturated rings. The molecule has 0 aliphatic carbocycles. The van der Waals surface area contributed by atoms with E-state index < -0.39 is 0 Å². The lowest BCUT2D eigenvalue weighted by atomic mass is 10.5. The molecule has 5 heteroatoms. The number of halogens is 3. The predicted molar refractivity (Wildman–Crippen MR) is 54.0 cm³/mol. The van der Waals surface area contributed by atoms with E-state index in [0.717, 1.165) is 13.1 Å². The van der Waals surface area contributed by atoms with E-state index in [1.54, 1.807) is 0 Å². The summed E-state index contributed by atoms with van der Waals surface area (Å²) < 4.78 is 0.444. The van der Waals surface area contributed by atoms with Crippen LogP contribution >= 0.6 is 34.8 Å². The van der Waals surface area contributed by atoms with Crippen LogP contribution < -0.4 is 0 Å². The highest BCUT2D eigenvalue weighted by Crippen LogP contribution is 2.05. The minimum Gasteiger partial charge on any atom is -0.202 e. The lowest BCUT2D eigenvalue weighted by molar-refractivity contribution is -1.09. The first-order valence-electron chi connectivity index (χ1n) is 3.85. The third kappa shape index (κ3) is 5.44. The average molecular weight is 236 g/mol. The predicted octanol–water partition coefficient (Wildman–Crippen LogP) is 2.08. The molecule has 0 radical (unpaired) electrons. The van der Waals surface area contributed by atoms with Crippen molar-refractivity contribution in [2.45, 2.75) is 0 Å². The molecule has 0 unspecified atom stereocenters. The van der Waals surface area contributed by atoms with Crippen molar-refractivity contribution in [3.05, 3.63) is 0 Å². The van der Waals surface area contributed by atoms with Crippen LogP contribution in [0.1, 0.15) is 0 Å². The fourth-order valence-corrected chi connectivity index (χ4v) is 1.64. The molecule has 12 heavy (non-hydrogen) atoms. The molecule has 2 nitrogen and oxygen atoms in total. The molecule has 0 aromatic carbocycles. The molecule has 0 bridgehead atoms. The fourth-order valence-electron chi connectivity index (χ4n) is 0.853. The van der Waals surface area contributed by atoms with Gasteiger partial charge in [-0.25, -0.2) is 4.84 Å². The monoisotopic (exact) mass is 234 g/mol. The molecule has 0 aromatic heterocycles. The largest absolute Gasteiger partial charge is 0.202 e. The van der Waals surface area contributed by atoms with Crippen LogP contribution in [0.2, 0.25) is 0 Å². The Balaban J connectivity index is 3.80. The summed E-state index contributed by atoms with van der Waals surface area (Å²) in [6.07, 6.45) is 0. The van der Waals surface area contributed by atoms with Gasteiger partial charge in [-0.3, -0.25) is 0 Å². The summed E-state index contributed by atoms with van der Waals surface area (Å²) in [5, 5.41) is 0. The van der Waals surface area contributed by atoms with Crippen LogP contribution in [0.25, 0.3) is 0 Å². The molecule has 0 aliphatic rings. The Bertz CT molecular complexity index is 107. The number of hydrogen-bond acceptors (Lipinski definition) is 1. The lowest BCUT2D eigenvalue weighted by Crippen LogP contribution is -2.47. The molecular formula is C7H15Cl3NO+. The summed E-state index contributed by atoms with van der Waals surface area (Å²) in [4.78, 5) is 5.50. The highest BCUT2D eigenvalue weighted by atomic mass is 35.5. The molecule has 0 saturated carbocycles. The summed E-state index contributed by atoms with van der Waals surface area (Å²) in [6.45, 7) is 2.04. The summed E-state index contributed by atoms with van der Waals surface area (Å²) in [5.74, 6) is 1.63. The van der Waals surface area contributed by atoms with Gasteiger partial charge in [0.05, 0.1) is 24.7 Å². The van der Waals surface area contributed by atoms with E-state index >= 15 is 0 Å². The van der Waals surface area contributed by atoms with E-state index in [1.165, 1.54) is 0 Å². The smallest absolute Gasteiger partial charge is 0.122 e. The minimum atomic E-state index is 0.444. The van der Waals surface area contributed by atoms with Gasteiger partial charge in [0, 0.05) is 0 Å². The van der Waals surface area contributed by atoms with Gasteiger partial charge in [0.1, 0.15) is 19.7 Å². The zero-order valence-corrected chi connectivity index (χ0v) is 9.50. The van der Waals surface area contributed by atoms with Crippen molar-refractivity contribution in [1.29, 1.82) is 0 Å². The molecule has 0 rings (SSSR count). The Morgan fingerprint density at radius 3 is 1.83 bits per heavy atom. The molecule has 0 saturated heterocycles. The average Bonchev–Trinajstić information content (AvgIpc) is 2.02. The Morgan fingerprint density at radius 2 is 1.50 bits per heavy atom. The fraction of sp³-hybridized carbons (Fsp3) is 1.00. The van der Waals surface area contributed by atoms with E-state index in [1.807, 2.05) is 7.05 Å². The summed E-state index contributed by atoms with van der Waals surface area (Å²) in [5.41, 5.74) is 0. The maximum absolute atomic E-state index is 5.63. The first-order chi connectivity index (χ1) is 5.68. The number of nitrogens with zero attached hydrogens (tertiary/aromatic N) is 1. The standard InChI is InChI=1S/C7H15Cl3NO/c1-11(5-2-8,6-3-9)12-7-4-10/h2-7H2,1H3/q+1. The van der Waals surface area contributed by atoms with Crippen molar-refractivity contribution >= 4 is 34.8 Å². The third-order valence-electron chi connectivity index (χ3n) is 1.60. The Kier molecular flexibility index (Phi) is 7.69. The van der Waals surface area contributed by atoms with E-state index in [0.29, 0.717) is 28.9 Å². The molecule has 0 heterocycles. The first-order valence-corrected chi connectivity index (χ1v) is 5.46. The van der Waals surface area contributed by atoms with Crippen molar-refractivity contribution in [3.63, 3.8) is 0 Å². The maximum Gasteiger partial charge on any atom is 0.122 e. The van der Waals surface area contributed by atoms with Crippen molar-refractivity contribution in [3.8, 4) is 0 Å². The molecule has 0 atom stereocenters. The van der Waals surface area contributed by atoms with Gasteiger partial charge >= 0.3 is 0 Å². The highest BCUT2D eigenvalue weighted by molar-refractivity contribution is 6.18. The van der Waals surface area contributed by atoms with Gasteiger partial charge in [-0.2, -0.15) is 4.65 Å². The topological polar surface area (TPSA) is 9.23 Å². The summed E-state index contributed by atoms with van der Waals surface area (Å²) >= 11 is 16.8. The SMILES string of the molecule is C[N+](CCCl)(CCCl)OCCCl. The van der Waals surface area contributed by atoms with E-state index in [4.69, 9.17) is 39.6 Å². The van der Waals surface area contributed by atoms with Crippen molar-refractivity contribution in [2.24, 2.45) is 0 Å². The zero-order valence-electron chi connectivity index (χ0n) is 7.23. The molecule has 74 valence electrons. The van der Waals surface area contributed by atoms with Crippen molar-refractivity contribution in [1.82, 2.24) is 0 Å². The second-order valence-electron chi connectivity index (χ2n) is 2.64. The van der Waals surface area contributed by atoms with Crippen LogP contribution in [0.5, 0.6) is 0 Å². The van der Waals surface area contributed by atoms with E-state index in [9.17, 15) is 0 Å². The van der Waals surface area contributed by atoms with Crippen LogP contribution in [0.4, 0.5) is 0 Å². The second kappa shape index (κ2) is 7.22. The van der Waals surface area contributed by atoms with Gasteiger partial charge in [0.15, 0.2) is 0 Å². The van der Waals surface area contributed by atoms with Crippen LogP contribution in [0.15, 0.2) is 0 Å². The van der Waals surface area contributed by atoms with Crippen molar-refractivity contribution < 1.29 is 9.48 Å². The normalized spacial score (nSPS) is 12.0. The number of hydroxylamine groups is 3. The second-order valence-corrected chi connectivity index (χ2v) is 3.78. The van der Waals surface area contributed by atoms with Gasteiger partial charge in [-0.1, -0.05) is 0 Å². The minimum absolute atomic E-state index is 0.444. The summed E-state index contributed by atoms with van der Waals surface area (Å²) in [7, 11) is 1.96. The quantitative estimate of drug-likeness (QED) is 0.373. The Hall–Kier alpha value is 0.790. The third-order valence-corrected chi connectivity index (χ3v) is 2.09. The van der Waals surface area contributed by atoms with E-state index in [2.05, 4.69) is 0 Å². The molecule has 0 amide bonds. The van der Waals surface area contributed by atoms with Gasteiger partial charge in [0.2, 0.25) is 0 Å². The van der Waals surface area contributed by atoms with Crippen molar-refractivity contribution in [2.75, 3.05) is 44.4 Å². The maximum atomic E-state index is 5.63. The number of alkyl halides is 3. The molecular weight excluding hydrogens is 220 g/mol.